The third-order valence-electron chi connectivity index (χ3n) is 6.86. The Hall–Kier alpha value is -2.31. The van der Waals surface area contributed by atoms with Crippen LogP contribution in [0.5, 0.6) is 0 Å². The number of carboxylic acid groups (broad SMARTS) is 2. The second-order valence-corrected chi connectivity index (χ2v) is 11.2. The molecule has 0 aliphatic heterocycles. The van der Waals surface area contributed by atoms with Crippen LogP contribution in [0.15, 0.2) is 60.7 Å². The Bertz CT molecular complexity index is 815. The third-order valence-corrected chi connectivity index (χ3v) is 8.35. The lowest BCUT2D eigenvalue weighted by Gasteiger charge is -2.25. The third kappa shape index (κ3) is 7.88. The monoisotopic (exact) mass is 486 g/mol. The Balaban J connectivity index is 1.64. The highest BCUT2D eigenvalue weighted by molar-refractivity contribution is 7.91. The zero-order chi connectivity index (χ0) is 25.0. The minimum atomic E-state index is -0.898. The molecule has 2 atom stereocenters. The van der Waals surface area contributed by atoms with Crippen molar-refractivity contribution in [1.29, 1.82) is 0 Å². The van der Waals surface area contributed by atoms with Crippen molar-refractivity contribution in [2.75, 3.05) is 11.5 Å². The van der Waals surface area contributed by atoms with E-state index in [2.05, 4.69) is 0 Å². The molecule has 0 heterocycles. The Morgan fingerprint density at radius 3 is 1.35 bits per heavy atom. The predicted octanol–water partition coefficient (Wildman–Crippen LogP) is 5.94. The van der Waals surface area contributed by atoms with Gasteiger partial charge in [0.15, 0.2) is 0 Å². The normalized spacial score (nSPS) is 15.7. The van der Waals surface area contributed by atoms with Crippen LogP contribution in [0.1, 0.15) is 76.3 Å². The van der Waals surface area contributed by atoms with Crippen LogP contribution in [-0.4, -0.2) is 38.2 Å². The van der Waals surface area contributed by atoms with Crippen molar-refractivity contribution in [2.45, 2.75) is 76.0 Å². The van der Waals surface area contributed by atoms with E-state index >= 15 is 0 Å². The van der Waals surface area contributed by atoms with E-state index in [9.17, 15) is 24.4 Å². The molecule has 2 rings (SSSR count). The molecule has 0 saturated heterocycles. The molecule has 2 unspecified atom stereocenters. The first-order chi connectivity index (χ1) is 16.2. The van der Waals surface area contributed by atoms with Crippen LogP contribution in [0.4, 0.5) is 0 Å². The van der Waals surface area contributed by atoms with Crippen molar-refractivity contribution >= 4 is 23.1 Å². The van der Waals surface area contributed by atoms with Gasteiger partial charge in [-0.1, -0.05) is 84.7 Å². The fraction of sp³-hybridized carbons (Fsp3) is 0.500. The van der Waals surface area contributed by atoms with Gasteiger partial charge in [0.2, 0.25) is 0 Å². The first-order valence-corrected chi connectivity index (χ1v) is 13.6. The van der Waals surface area contributed by atoms with Crippen molar-refractivity contribution in [2.24, 2.45) is 0 Å². The van der Waals surface area contributed by atoms with Gasteiger partial charge in [0.25, 0.3) is 0 Å². The molecule has 0 aliphatic rings. The summed E-state index contributed by atoms with van der Waals surface area (Å²) in [5.74, 6) is -0.361. The topological polar surface area (TPSA) is 97.7 Å². The number of benzene rings is 2. The van der Waals surface area contributed by atoms with E-state index in [0.29, 0.717) is 24.3 Å². The maximum absolute atomic E-state index is 12.3. The molecule has 34 heavy (non-hydrogen) atoms. The molecule has 0 spiro atoms. The van der Waals surface area contributed by atoms with E-state index < -0.39 is 33.9 Å². The first-order valence-electron chi connectivity index (χ1n) is 12.1. The number of carboxylic acids is 2. The summed E-state index contributed by atoms with van der Waals surface area (Å²) in [6, 6.07) is 18.7. The van der Waals surface area contributed by atoms with Crippen LogP contribution in [0.25, 0.3) is 0 Å². The van der Waals surface area contributed by atoms with Gasteiger partial charge in [-0.3, -0.25) is 9.59 Å². The molecular formula is C28H38O5S. The maximum atomic E-state index is 12.3. The number of aliphatic carboxylic acids is 2. The maximum Gasteiger partial charge on any atom is 0.313 e. The lowest BCUT2D eigenvalue weighted by molar-refractivity contribution is -0.144. The fourth-order valence-corrected chi connectivity index (χ4v) is 5.56. The second-order valence-electron chi connectivity index (χ2n) is 9.48. The Kier molecular flexibility index (Phi) is 11.1. The number of hydrogen-bond acceptors (Lipinski definition) is 3. The highest BCUT2D eigenvalue weighted by Crippen LogP contribution is 2.31. The van der Waals surface area contributed by atoms with Crippen molar-refractivity contribution in [1.82, 2.24) is 0 Å². The zero-order valence-corrected chi connectivity index (χ0v) is 21.2. The Morgan fingerprint density at radius 1 is 0.676 bits per heavy atom. The van der Waals surface area contributed by atoms with Crippen molar-refractivity contribution in [3.05, 3.63) is 71.8 Å². The van der Waals surface area contributed by atoms with E-state index in [0.717, 1.165) is 49.7 Å². The van der Waals surface area contributed by atoms with Gasteiger partial charge in [-0.2, -0.15) is 0 Å². The quantitative estimate of drug-likeness (QED) is 0.226. The van der Waals surface area contributed by atoms with Crippen LogP contribution < -0.4 is 0 Å². The summed E-state index contributed by atoms with van der Waals surface area (Å²) >= 11 is -0.891. The SMILES string of the molecule is CC(CCCCC[S+]([O-])CCCCCC(C)(C(=O)O)c1ccccc1)(C(=O)O)c1ccccc1. The molecule has 2 aromatic rings. The molecule has 0 amide bonds. The lowest BCUT2D eigenvalue weighted by Crippen LogP contribution is -2.32. The van der Waals surface area contributed by atoms with Crippen molar-refractivity contribution < 1.29 is 24.4 Å². The Labute approximate surface area is 206 Å². The second kappa shape index (κ2) is 13.5. The molecular weight excluding hydrogens is 448 g/mol. The van der Waals surface area contributed by atoms with Gasteiger partial charge >= 0.3 is 11.9 Å². The highest BCUT2D eigenvalue weighted by atomic mass is 32.2. The van der Waals surface area contributed by atoms with Crippen LogP contribution in [0, 0.1) is 0 Å². The summed E-state index contributed by atoms with van der Waals surface area (Å²) in [6.45, 7) is 3.55. The molecule has 0 aliphatic carbocycles. The molecule has 0 saturated carbocycles. The van der Waals surface area contributed by atoms with Crippen molar-refractivity contribution in [3.63, 3.8) is 0 Å². The molecule has 0 bridgehead atoms. The van der Waals surface area contributed by atoms with Gasteiger partial charge in [-0.05, 0) is 63.5 Å². The van der Waals surface area contributed by atoms with E-state index in [4.69, 9.17) is 0 Å². The van der Waals surface area contributed by atoms with E-state index in [1.165, 1.54) is 0 Å². The fourth-order valence-electron chi connectivity index (χ4n) is 4.30. The molecule has 186 valence electrons. The smallest absolute Gasteiger partial charge is 0.313 e. The number of carbonyl (C=O) groups is 2. The standard InChI is InChI=1S/C28H38O5S/c1-27(25(29)30,23-15-7-3-8-16-23)19-11-5-13-21-34(33)22-14-6-12-20-28(2,26(31)32)24-17-9-4-10-18-24/h3-4,7-10,15-18H,5-6,11-14,19-22H2,1-2H3,(H,29,30)(H,31,32). The lowest BCUT2D eigenvalue weighted by atomic mass is 9.78. The van der Waals surface area contributed by atoms with Gasteiger partial charge in [-0.15, -0.1) is 0 Å². The highest BCUT2D eigenvalue weighted by Gasteiger charge is 2.35. The number of unbranched alkanes of at least 4 members (excludes halogenated alkanes) is 4. The summed E-state index contributed by atoms with van der Waals surface area (Å²) < 4.78 is 12.3. The zero-order valence-electron chi connectivity index (χ0n) is 20.4. The molecule has 0 radical (unpaired) electrons. The van der Waals surface area contributed by atoms with E-state index in [-0.39, 0.29) is 0 Å². The van der Waals surface area contributed by atoms with Gasteiger partial charge in [-0.25, -0.2) is 0 Å². The summed E-state index contributed by atoms with van der Waals surface area (Å²) in [5, 5.41) is 19.5. The van der Waals surface area contributed by atoms with E-state index in [1.807, 2.05) is 60.7 Å². The summed E-state index contributed by atoms with van der Waals surface area (Å²) in [6.07, 6.45) is 6.03. The minimum absolute atomic E-state index is 0.558. The average molecular weight is 487 g/mol. The predicted molar refractivity (Wildman–Crippen MR) is 138 cm³/mol. The Morgan fingerprint density at radius 2 is 1.03 bits per heavy atom. The summed E-state index contributed by atoms with van der Waals surface area (Å²) in [5.41, 5.74) is -0.162. The number of rotatable bonds is 16. The summed E-state index contributed by atoms with van der Waals surface area (Å²) in [7, 11) is 0. The van der Waals surface area contributed by atoms with Crippen molar-refractivity contribution in [3.8, 4) is 0 Å². The minimum Gasteiger partial charge on any atom is -0.616 e. The molecule has 2 aromatic carbocycles. The molecule has 2 N–H and O–H groups in total. The van der Waals surface area contributed by atoms with Gasteiger partial charge in [0, 0.05) is 0 Å². The molecule has 0 aromatic heterocycles. The van der Waals surface area contributed by atoms with Crippen LogP contribution in [0.3, 0.4) is 0 Å². The molecule has 5 nitrogen and oxygen atoms in total. The van der Waals surface area contributed by atoms with Gasteiger partial charge in [0.1, 0.15) is 11.5 Å². The summed E-state index contributed by atoms with van der Waals surface area (Å²) in [4.78, 5) is 23.7. The van der Waals surface area contributed by atoms with Crippen LogP contribution in [0.2, 0.25) is 0 Å². The van der Waals surface area contributed by atoms with E-state index in [1.54, 1.807) is 13.8 Å². The molecule has 6 heteroatoms. The average Bonchev–Trinajstić information content (AvgIpc) is 2.84. The van der Waals surface area contributed by atoms with Gasteiger partial charge in [0.05, 0.1) is 10.8 Å². The van der Waals surface area contributed by atoms with Crippen LogP contribution >= 0.6 is 0 Å². The number of hydrogen-bond donors (Lipinski definition) is 2. The van der Waals surface area contributed by atoms with Crippen LogP contribution in [-0.2, 0) is 31.6 Å². The largest absolute Gasteiger partial charge is 0.616 e. The first kappa shape index (κ1) is 27.9. The molecule has 0 fully saturated rings. The van der Waals surface area contributed by atoms with Gasteiger partial charge < -0.3 is 14.8 Å².